The van der Waals surface area contributed by atoms with Crippen molar-refractivity contribution < 1.29 is 4.74 Å². The molecule has 4 rings (SSSR count). The molecule has 0 bridgehead atoms. The van der Waals surface area contributed by atoms with Gasteiger partial charge < -0.3 is 4.74 Å². The van der Waals surface area contributed by atoms with Gasteiger partial charge in [-0.15, -0.1) is 0 Å². The van der Waals surface area contributed by atoms with Crippen molar-refractivity contribution in [2.45, 2.75) is 12.8 Å². The second kappa shape index (κ2) is 8.00. The number of nitrogens with zero attached hydrogens (tertiary/aromatic N) is 2. The van der Waals surface area contributed by atoms with E-state index in [2.05, 4.69) is 53.5 Å². The highest BCUT2D eigenvalue weighted by molar-refractivity contribution is 6.15. The second-order valence-electron chi connectivity index (χ2n) is 6.56. The zero-order valence-corrected chi connectivity index (χ0v) is 15.4. The summed E-state index contributed by atoms with van der Waals surface area (Å²) >= 11 is 0. The van der Waals surface area contributed by atoms with E-state index >= 15 is 0 Å². The highest BCUT2D eigenvalue weighted by Gasteiger charge is 2.15. The SMILES string of the molecule is COc1ccc(C=C2CCCN=C2c2cccnc2)c(-c2ccccc2)c1. The van der Waals surface area contributed by atoms with Gasteiger partial charge in [-0.05, 0) is 65.4 Å². The van der Waals surface area contributed by atoms with Crippen LogP contribution in [0, 0.1) is 0 Å². The molecule has 0 saturated heterocycles. The summed E-state index contributed by atoms with van der Waals surface area (Å²) in [5.41, 5.74) is 6.92. The molecule has 1 aromatic heterocycles. The molecule has 2 heterocycles. The van der Waals surface area contributed by atoms with Crippen LogP contribution in [0.4, 0.5) is 0 Å². The Morgan fingerprint density at radius 3 is 2.59 bits per heavy atom. The lowest BCUT2D eigenvalue weighted by Crippen LogP contribution is -2.12. The van der Waals surface area contributed by atoms with Crippen LogP contribution in [0.25, 0.3) is 17.2 Å². The fourth-order valence-corrected chi connectivity index (χ4v) is 3.44. The molecule has 3 aromatic rings. The minimum Gasteiger partial charge on any atom is -0.497 e. The molecule has 1 aliphatic heterocycles. The highest BCUT2D eigenvalue weighted by Crippen LogP contribution is 2.31. The van der Waals surface area contributed by atoms with Crippen molar-refractivity contribution in [1.82, 2.24) is 4.98 Å². The van der Waals surface area contributed by atoms with E-state index < -0.39 is 0 Å². The summed E-state index contributed by atoms with van der Waals surface area (Å²) in [6.07, 6.45) is 8.06. The summed E-state index contributed by atoms with van der Waals surface area (Å²) in [6, 6.07) is 20.7. The van der Waals surface area contributed by atoms with Crippen LogP contribution in [0.15, 0.2) is 83.6 Å². The lowest BCUT2D eigenvalue weighted by Gasteiger charge is -2.17. The number of allylic oxidation sites excluding steroid dienone is 1. The van der Waals surface area contributed by atoms with E-state index in [9.17, 15) is 0 Å². The number of pyridine rings is 1. The van der Waals surface area contributed by atoms with Crippen LogP contribution in [0.1, 0.15) is 24.0 Å². The molecule has 0 aliphatic carbocycles. The zero-order valence-electron chi connectivity index (χ0n) is 15.4. The van der Waals surface area contributed by atoms with Crippen molar-refractivity contribution >= 4 is 11.8 Å². The largest absolute Gasteiger partial charge is 0.497 e. The van der Waals surface area contributed by atoms with E-state index in [-0.39, 0.29) is 0 Å². The molecule has 0 unspecified atom stereocenters. The monoisotopic (exact) mass is 354 g/mol. The maximum atomic E-state index is 5.46. The van der Waals surface area contributed by atoms with Gasteiger partial charge >= 0.3 is 0 Å². The maximum absolute atomic E-state index is 5.46. The van der Waals surface area contributed by atoms with Crippen molar-refractivity contribution in [2.75, 3.05) is 13.7 Å². The number of methoxy groups -OCH3 is 1. The van der Waals surface area contributed by atoms with Gasteiger partial charge in [-0.3, -0.25) is 9.98 Å². The van der Waals surface area contributed by atoms with Crippen LogP contribution < -0.4 is 4.74 Å². The molecule has 3 heteroatoms. The van der Waals surface area contributed by atoms with Crippen LogP contribution in [0.3, 0.4) is 0 Å². The van der Waals surface area contributed by atoms with Crippen molar-refractivity contribution in [1.29, 1.82) is 0 Å². The number of aromatic nitrogens is 1. The van der Waals surface area contributed by atoms with Gasteiger partial charge in [0, 0.05) is 24.5 Å². The molecular weight excluding hydrogens is 332 g/mol. The average molecular weight is 354 g/mol. The molecule has 134 valence electrons. The third-order valence-corrected chi connectivity index (χ3v) is 4.79. The van der Waals surface area contributed by atoms with Gasteiger partial charge in [-0.25, -0.2) is 0 Å². The summed E-state index contributed by atoms with van der Waals surface area (Å²) in [5, 5.41) is 0. The number of hydrogen-bond donors (Lipinski definition) is 0. The van der Waals surface area contributed by atoms with Crippen LogP contribution in [0.2, 0.25) is 0 Å². The maximum Gasteiger partial charge on any atom is 0.119 e. The van der Waals surface area contributed by atoms with Gasteiger partial charge in [0.05, 0.1) is 12.8 Å². The molecule has 0 radical (unpaired) electrons. The quantitative estimate of drug-likeness (QED) is 0.626. The first-order valence-corrected chi connectivity index (χ1v) is 9.24. The van der Waals surface area contributed by atoms with E-state index in [1.807, 2.05) is 24.4 Å². The molecule has 0 spiro atoms. The first-order valence-electron chi connectivity index (χ1n) is 9.24. The van der Waals surface area contributed by atoms with Crippen LogP contribution in [0.5, 0.6) is 5.75 Å². The Morgan fingerprint density at radius 1 is 0.963 bits per heavy atom. The lowest BCUT2D eigenvalue weighted by molar-refractivity contribution is 0.415. The Kier molecular flexibility index (Phi) is 5.10. The molecule has 0 saturated carbocycles. The van der Waals surface area contributed by atoms with Crippen molar-refractivity contribution in [3.63, 3.8) is 0 Å². The van der Waals surface area contributed by atoms with Crippen molar-refractivity contribution in [3.05, 3.63) is 89.8 Å². The minimum atomic E-state index is 0.862. The molecule has 27 heavy (non-hydrogen) atoms. The molecule has 0 amide bonds. The average Bonchev–Trinajstić information content (AvgIpc) is 2.76. The number of hydrogen-bond acceptors (Lipinski definition) is 3. The Morgan fingerprint density at radius 2 is 1.81 bits per heavy atom. The van der Waals surface area contributed by atoms with Crippen LogP contribution >= 0.6 is 0 Å². The van der Waals surface area contributed by atoms with Gasteiger partial charge in [0.15, 0.2) is 0 Å². The predicted octanol–water partition coefficient (Wildman–Crippen LogP) is 5.42. The Bertz CT molecular complexity index is 976. The van der Waals surface area contributed by atoms with Crippen molar-refractivity contribution in [3.8, 4) is 16.9 Å². The second-order valence-corrected chi connectivity index (χ2v) is 6.56. The minimum absolute atomic E-state index is 0.862. The molecule has 3 nitrogen and oxygen atoms in total. The molecule has 0 atom stereocenters. The summed E-state index contributed by atoms with van der Waals surface area (Å²) in [5.74, 6) is 0.862. The van der Waals surface area contributed by atoms with E-state index in [1.165, 1.54) is 22.3 Å². The van der Waals surface area contributed by atoms with Crippen LogP contribution in [-0.4, -0.2) is 24.4 Å². The summed E-state index contributed by atoms with van der Waals surface area (Å²) in [4.78, 5) is 9.06. The Balaban J connectivity index is 1.81. The van der Waals surface area contributed by atoms with Gasteiger partial charge in [-0.2, -0.15) is 0 Å². The number of benzene rings is 2. The summed E-state index contributed by atoms with van der Waals surface area (Å²) in [7, 11) is 1.70. The Labute approximate surface area is 160 Å². The molecule has 0 N–H and O–H groups in total. The molecular formula is C24H22N2O. The normalized spacial score (nSPS) is 15.4. The first kappa shape index (κ1) is 17.2. The lowest BCUT2D eigenvalue weighted by atomic mass is 9.92. The fourth-order valence-electron chi connectivity index (χ4n) is 3.44. The smallest absolute Gasteiger partial charge is 0.119 e. The molecule has 1 aliphatic rings. The van der Waals surface area contributed by atoms with E-state index in [0.717, 1.165) is 36.4 Å². The first-order chi connectivity index (χ1) is 13.3. The topological polar surface area (TPSA) is 34.5 Å². The number of rotatable bonds is 4. The van der Waals surface area contributed by atoms with E-state index in [4.69, 9.17) is 9.73 Å². The fraction of sp³-hybridized carbons (Fsp3) is 0.167. The third kappa shape index (κ3) is 3.82. The number of aliphatic imine (C=N–C) groups is 1. The van der Waals surface area contributed by atoms with Gasteiger partial charge in [0.1, 0.15) is 5.75 Å². The Hall–Kier alpha value is -3.20. The molecule has 2 aromatic carbocycles. The van der Waals surface area contributed by atoms with Gasteiger partial charge in [-0.1, -0.05) is 36.4 Å². The van der Waals surface area contributed by atoms with Gasteiger partial charge in [0.2, 0.25) is 0 Å². The third-order valence-electron chi connectivity index (χ3n) is 4.79. The summed E-state index contributed by atoms with van der Waals surface area (Å²) in [6.45, 7) is 0.871. The highest BCUT2D eigenvalue weighted by atomic mass is 16.5. The van der Waals surface area contributed by atoms with Crippen LogP contribution in [-0.2, 0) is 0 Å². The predicted molar refractivity (Wildman–Crippen MR) is 111 cm³/mol. The van der Waals surface area contributed by atoms with E-state index in [1.54, 1.807) is 13.3 Å². The summed E-state index contributed by atoms with van der Waals surface area (Å²) < 4.78 is 5.46. The van der Waals surface area contributed by atoms with Crippen molar-refractivity contribution in [2.24, 2.45) is 4.99 Å². The van der Waals surface area contributed by atoms with E-state index in [0.29, 0.717) is 0 Å². The number of ether oxygens (including phenoxy) is 1. The zero-order chi connectivity index (χ0) is 18.5. The molecule has 0 fully saturated rings. The standard InChI is InChI=1S/C24H22N2O/c1-27-22-12-11-19(23(16-22)18-7-3-2-4-8-18)15-20-9-6-14-26-24(20)21-10-5-13-25-17-21/h2-5,7-8,10-13,15-17H,6,9,14H2,1H3. The van der Waals surface area contributed by atoms with Gasteiger partial charge in [0.25, 0.3) is 0 Å².